The Kier molecular flexibility index (Phi) is 5.81. The van der Waals surface area contributed by atoms with Crippen molar-refractivity contribution < 1.29 is 4.74 Å². The summed E-state index contributed by atoms with van der Waals surface area (Å²) in [6.45, 7) is 0.906. The first kappa shape index (κ1) is 11.3. The minimum Gasteiger partial charge on any atom is -0.385 e. The van der Waals surface area contributed by atoms with E-state index in [1.165, 1.54) is 44.9 Å². The normalized spacial score (nSPS) is 30.0. The molecule has 0 saturated heterocycles. The molecule has 1 aliphatic carbocycles. The smallest absolute Gasteiger partial charge is 0.0462 e. The lowest BCUT2D eigenvalue weighted by Crippen LogP contribution is -2.06. The predicted molar refractivity (Wildman–Crippen MR) is 57.3 cm³/mol. The van der Waals surface area contributed by atoms with Crippen molar-refractivity contribution in [3.8, 4) is 0 Å². The fourth-order valence-corrected chi connectivity index (χ4v) is 2.58. The topological polar surface area (TPSA) is 9.23 Å². The zero-order valence-electron chi connectivity index (χ0n) is 8.60. The van der Waals surface area contributed by atoms with Gasteiger partial charge in [-0.15, -0.1) is 11.6 Å². The van der Waals surface area contributed by atoms with Gasteiger partial charge in [0.05, 0.1) is 0 Å². The van der Waals surface area contributed by atoms with E-state index in [0.717, 1.165) is 12.5 Å². The highest BCUT2D eigenvalue weighted by atomic mass is 35.5. The Morgan fingerprint density at radius 3 is 2.85 bits per heavy atom. The van der Waals surface area contributed by atoms with Crippen molar-refractivity contribution in [1.82, 2.24) is 0 Å². The Bertz CT molecular complexity index is 127. The van der Waals surface area contributed by atoms with Crippen molar-refractivity contribution in [3.63, 3.8) is 0 Å². The molecule has 2 unspecified atom stereocenters. The maximum absolute atomic E-state index is 6.20. The van der Waals surface area contributed by atoms with E-state index in [4.69, 9.17) is 16.3 Å². The Morgan fingerprint density at radius 2 is 2.08 bits per heavy atom. The highest BCUT2D eigenvalue weighted by molar-refractivity contribution is 6.20. The summed E-state index contributed by atoms with van der Waals surface area (Å²) in [6.07, 6.45) is 9.04. The lowest BCUT2D eigenvalue weighted by Gasteiger charge is -2.15. The standard InChI is InChI=1S/C11H21ClO/c1-13-8-4-6-10-5-2-3-7-11(12)9-10/h10-11H,2-9H2,1H3. The first-order valence-electron chi connectivity index (χ1n) is 5.46. The molecular weight excluding hydrogens is 184 g/mol. The zero-order chi connectivity index (χ0) is 9.52. The highest BCUT2D eigenvalue weighted by Gasteiger charge is 2.17. The van der Waals surface area contributed by atoms with E-state index in [1.807, 2.05) is 0 Å². The lowest BCUT2D eigenvalue weighted by molar-refractivity contribution is 0.185. The van der Waals surface area contributed by atoms with Crippen LogP contribution >= 0.6 is 11.6 Å². The summed E-state index contributed by atoms with van der Waals surface area (Å²) in [6, 6.07) is 0. The second-order valence-corrected chi connectivity index (χ2v) is 4.74. The third-order valence-corrected chi connectivity index (χ3v) is 3.33. The minimum atomic E-state index is 0.440. The molecule has 0 amide bonds. The SMILES string of the molecule is COCCCC1CCCCC(Cl)C1. The lowest BCUT2D eigenvalue weighted by atomic mass is 9.95. The molecule has 0 aliphatic heterocycles. The van der Waals surface area contributed by atoms with Crippen LogP contribution in [0.5, 0.6) is 0 Å². The Labute approximate surface area is 86.8 Å². The Hall–Kier alpha value is 0.250. The van der Waals surface area contributed by atoms with E-state index in [2.05, 4.69) is 0 Å². The van der Waals surface area contributed by atoms with Gasteiger partial charge >= 0.3 is 0 Å². The summed E-state index contributed by atoms with van der Waals surface area (Å²) >= 11 is 6.20. The van der Waals surface area contributed by atoms with Crippen molar-refractivity contribution in [3.05, 3.63) is 0 Å². The number of rotatable bonds is 4. The van der Waals surface area contributed by atoms with E-state index in [0.29, 0.717) is 5.38 Å². The summed E-state index contributed by atoms with van der Waals surface area (Å²) in [4.78, 5) is 0. The third kappa shape index (κ3) is 4.87. The number of alkyl halides is 1. The monoisotopic (exact) mass is 204 g/mol. The summed E-state index contributed by atoms with van der Waals surface area (Å²) in [7, 11) is 1.78. The van der Waals surface area contributed by atoms with Crippen LogP contribution in [0, 0.1) is 5.92 Å². The largest absolute Gasteiger partial charge is 0.385 e. The van der Waals surface area contributed by atoms with E-state index in [-0.39, 0.29) is 0 Å². The Morgan fingerprint density at radius 1 is 1.31 bits per heavy atom. The van der Waals surface area contributed by atoms with Gasteiger partial charge in [0.15, 0.2) is 0 Å². The second-order valence-electron chi connectivity index (χ2n) is 4.12. The first-order chi connectivity index (χ1) is 6.33. The van der Waals surface area contributed by atoms with Crippen molar-refractivity contribution >= 4 is 11.6 Å². The number of hydrogen-bond donors (Lipinski definition) is 0. The van der Waals surface area contributed by atoms with Crippen molar-refractivity contribution in [2.45, 2.75) is 50.3 Å². The average Bonchev–Trinajstić information content (AvgIpc) is 2.31. The Balaban J connectivity index is 2.15. The van der Waals surface area contributed by atoms with Crippen LogP contribution in [-0.4, -0.2) is 19.1 Å². The van der Waals surface area contributed by atoms with Crippen LogP contribution in [-0.2, 0) is 4.74 Å². The summed E-state index contributed by atoms with van der Waals surface area (Å²) < 4.78 is 5.06. The molecule has 1 saturated carbocycles. The molecule has 0 aromatic rings. The van der Waals surface area contributed by atoms with Gasteiger partial charge < -0.3 is 4.74 Å². The molecule has 0 bridgehead atoms. The molecule has 2 heteroatoms. The van der Waals surface area contributed by atoms with Crippen LogP contribution in [0.1, 0.15) is 44.9 Å². The van der Waals surface area contributed by atoms with Gasteiger partial charge in [0.2, 0.25) is 0 Å². The van der Waals surface area contributed by atoms with Gasteiger partial charge in [-0.3, -0.25) is 0 Å². The summed E-state index contributed by atoms with van der Waals surface area (Å²) in [5.74, 6) is 0.861. The van der Waals surface area contributed by atoms with Crippen molar-refractivity contribution in [2.24, 2.45) is 5.92 Å². The summed E-state index contributed by atoms with van der Waals surface area (Å²) in [5, 5.41) is 0.440. The van der Waals surface area contributed by atoms with Crippen molar-refractivity contribution in [1.29, 1.82) is 0 Å². The van der Waals surface area contributed by atoms with Crippen molar-refractivity contribution in [2.75, 3.05) is 13.7 Å². The van der Waals surface area contributed by atoms with Gasteiger partial charge in [-0.25, -0.2) is 0 Å². The van der Waals surface area contributed by atoms with Crippen LogP contribution < -0.4 is 0 Å². The van der Waals surface area contributed by atoms with Crippen LogP contribution in [0.2, 0.25) is 0 Å². The van der Waals surface area contributed by atoms with Gasteiger partial charge in [-0.05, 0) is 31.6 Å². The number of ether oxygens (including phenoxy) is 1. The molecule has 13 heavy (non-hydrogen) atoms. The number of methoxy groups -OCH3 is 1. The van der Waals surface area contributed by atoms with Crippen LogP contribution in [0.3, 0.4) is 0 Å². The maximum atomic E-state index is 6.20. The number of hydrogen-bond acceptors (Lipinski definition) is 1. The molecule has 1 aliphatic rings. The van der Waals surface area contributed by atoms with Gasteiger partial charge in [-0.1, -0.05) is 19.3 Å². The van der Waals surface area contributed by atoms with Crippen LogP contribution in [0.15, 0.2) is 0 Å². The predicted octanol–water partition coefficient (Wildman–Crippen LogP) is 3.60. The zero-order valence-corrected chi connectivity index (χ0v) is 9.35. The second kappa shape index (κ2) is 6.67. The molecule has 0 spiro atoms. The molecule has 1 fully saturated rings. The molecule has 0 radical (unpaired) electrons. The quantitative estimate of drug-likeness (QED) is 0.386. The third-order valence-electron chi connectivity index (χ3n) is 2.93. The first-order valence-corrected chi connectivity index (χ1v) is 5.89. The van der Waals surface area contributed by atoms with Gasteiger partial charge in [0, 0.05) is 19.1 Å². The van der Waals surface area contributed by atoms with E-state index in [9.17, 15) is 0 Å². The van der Waals surface area contributed by atoms with E-state index in [1.54, 1.807) is 7.11 Å². The molecule has 1 rings (SSSR count). The number of halogens is 1. The molecule has 0 aromatic carbocycles. The van der Waals surface area contributed by atoms with Crippen LogP contribution in [0.4, 0.5) is 0 Å². The molecule has 0 heterocycles. The molecule has 1 nitrogen and oxygen atoms in total. The van der Waals surface area contributed by atoms with E-state index >= 15 is 0 Å². The van der Waals surface area contributed by atoms with E-state index < -0.39 is 0 Å². The average molecular weight is 205 g/mol. The highest BCUT2D eigenvalue weighted by Crippen LogP contribution is 2.29. The molecule has 0 N–H and O–H groups in total. The molecule has 0 aromatic heterocycles. The molecular formula is C11H21ClO. The summed E-state index contributed by atoms with van der Waals surface area (Å²) in [5.41, 5.74) is 0. The van der Waals surface area contributed by atoms with Gasteiger partial charge in [0.25, 0.3) is 0 Å². The van der Waals surface area contributed by atoms with Crippen LogP contribution in [0.25, 0.3) is 0 Å². The fourth-order valence-electron chi connectivity index (χ4n) is 2.17. The maximum Gasteiger partial charge on any atom is 0.0462 e. The van der Waals surface area contributed by atoms with Gasteiger partial charge in [-0.2, -0.15) is 0 Å². The minimum absolute atomic E-state index is 0.440. The van der Waals surface area contributed by atoms with Gasteiger partial charge in [0.1, 0.15) is 0 Å². The molecule has 2 atom stereocenters. The molecule has 78 valence electrons. The fraction of sp³-hybridized carbons (Fsp3) is 1.00.